The quantitative estimate of drug-likeness (QED) is 0.299. The molecule has 5 aliphatic rings. The fourth-order valence-electron chi connectivity index (χ4n) is 11.6. The second-order valence-corrected chi connectivity index (χ2v) is 15.2. The van der Waals surface area contributed by atoms with Crippen LogP contribution in [-0.2, 0) is 9.53 Å². The molecule has 0 heterocycles. The van der Waals surface area contributed by atoms with E-state index in [1.807, 2.05) is 0 Å². The molecule has 5 rings (SSSR count). The summed E-state index contributed by atoms with van der Waals surface area (Å²) in [4.78, 5) is 11.8. The zero-order valence-electron chi connectivity index (χ0n) is 23.7. The Morgan fingerprint density at radius 3 is 2.09 bits per heavy atom. The highest BCUT2D eigenvalue weighted by atomic mass is 16.5. The van der Waals surface area contributed by atoms with Gasteiger partial charge in [-0.05, 0) is 109 Å². The lowest BCUT2D eigenvalue weighted by Crippen LogP contribution is -2.64. The van der Waals surface area contributed by atoms with E-state index >= 15 is 0 Å². The Balaban J connectivity index is 1.51. The largest absolute Gasteiger partial charge is 0.462 e. The molecule has 5 aliphatic carbocycles. The molecule has 0 radical (unpaired) electrons. The van der Waals surface area contributed by atoms with Crippen LogP contribution in [0.25, 0.3) is 0 Å². The fraction of sp³-hybridized carbons (Fsp3) is 0.906. The van der Waals surface area contributed by atoms with Gasteiger partial charge in [-0.15, -0.1) is 0 Å². The molecule has 0 spiro atoms. The third-order valence-electron chi connectivity index (χ3n) is 13.5. The molecule has 4 fully saturated rings. The Kier molecular flexibility index (Phi) is 5.57. The number of esters is 1. The zero-order valence-corrected chi connectivity index (χ0v) is 23.7. The summed E-state index contributed by atoms with van der Waals surface area (Å²) < 4.78 is 5.85. The van der Waals surface area contributed by atoms with Gasteiger partial charge in [-0.1, -0.05) is 67.0 Å². The SMILES string of the molecule is CC(=O)OC1CCC2C(=CCC3C2(C)CCC2(C)C4CCC(C(C)C)C4(C)CCC32C)C1(C)C. The van der Waals surface area contributed by atoms with Crippen molar-refractivity contribution in [3.63, 3.8) is 0 Å². The Morgan fingerprint density at radius 1 is 0.853 bits per heavy atom. The molecular formula is C32H52O2. The molecule has 0 aliphatic heterocycles. The Bertz CT molecular complexity index is 883. The van der Waals surface area contributed by atoms with E-state index in [1.54, 1.807) is 12.5 Å². The fourth-order valence-corrected chi connectivity index (χ4v) is 11.6. The minimum absolute atomic E-state index is 0.0268. The summed E-state index contributed by atoms with van der Waals surface area (Å²) in [6.45, 7) is 22.0. The van der Waals surface area contributed by atoms with Gasteiger partial charge >= 0.3 is 5.97 Å². The number of hydrogen-bond acceptors (Lipinski definition) is 2. The van der Waals surface area contributed by atoms with Gasteiger partial charge in [0.25, 0.3) is 0 Å². The summed E-state index contributed by atoms with van der Waals surface area (Å²) in [5, 5.41) is 0. The molecule has 0 bridgehead atoms. The summed E-state index contributed by atoms with van der Waals surface area (Å²) >= 11 is 0. The third-order valence-corrected chi connectivity index (χ3v) is 13.5. The van der Waals surface area contributed by atoms with Crippen LogP contribution in [0.5, 0.6) is 0 Å². The van der Waals surface area contributed by atoms with E-state index in [-0.39, 0.29) is 17.5 Å². The highest BCUT2D eigenvalue weighted by Gasteiger charge is 2.70. The van der Waals surface area contributed by atoms with E-state index in [1.165, 1.54) is 51.4 Å². The van der Waals surface area contributed by atoms with Crippen LogP contribution in [0.4, 0.5) is 0 Å². The molecule has 9 atom stereocenters. The predicted molar refractivity (Wildman–Crippen MR) is 140 cm³/mol. The molecule has 2 heteroatoms. The van der Waals surface area contributed by atoms with E-state index in [0.29, 0.717) is 27.6 Å². The van der Waals surface area contributed by atoms with Gasteiger partial charge in [0.05, 0.1) is 0 Å². The van der Waals surface area contributed by atoms with Gasteiger partial charge in [0.2, 0.25) is 0 Å². The maximum atomic E-state index is 11.8. The highest BCUT2D eigenvalue weighted by molar-refractivity contribution is 5.66. The maximum absolute atomic E-state index is 11.8. The standard InChI is InChI=1S/C32H52O2/c1-20(2)22-10-13-25-29(22,6)16-18-32(9)26-14-11-23-24(30(26,7)17-19-31(25,32)8)12-15-27(28(23,4)5)34-21(3)33/h11,20,22,24-27H,10,12-19H2,1-9H3. The smallest absolute Gasteiger partial charge is 0.302 e. The van der Waals surface area contributed by atoms with Gasteiger partial charge in [0.1, 0.15) is 6.10 Å². The second-order valence-electron chi connectivity index (χ2n) is 15.2. The van der Waals surface area contributed by atoms with Gasteiger partial charge < -0.3 is 4.74 Å². The van der Waals surface area contributed by atoms with E-state index in [2.05, 4.69) is 61.5 Å². The molecule has 0 aromatic rings. The molecule has 2 nitrogen and oxygen atoms in total. The predicted octanol–water partition coefficient (Wildman–Crippen LogP) is 8.60. The first-order valence-corrected chi connectivity index (χ1v) is 14.6. The molecule has 0 aromatic carbocycles. The van der Waals surface area contributed by atoms with E-state index in [9.17, 15) is 4.79 Å². The van der Waals surface area contributed by atoms with Gasteiger partial charge in [0, 0.05) is 12.3 Å². The van der Waals surface area contributed by atoms with Gasteiger partial charge in [0.15, 0.2) is 0 Å². The molecule has 0 aromatic heterocycles. The van der Waals surface area contributed by atoms with Crippen molar-refractivity contribution in [3.05, 3.63) is 11.6 Å². The van der Waals surface area contributed by atoms with Crippen LogP contribution in [0, 0.1) is 56.7 Å². The monoisotopic (exact) mass is 468 g/mol. The number of hydrogen-bond donors (Lipinski definition) is 0. The van der Waals surface area contributed by atoms with Crippen LogP contribution in [0.15, 0.2) is 11.6 Å². The van der Waals surface area contributed by atoms with E-state index in [4.69, 9.17) is 4.74 Å². The van der Waals surface area contributed by atoms with Crippen molar-refractivity contribution in [1.82, 2.24) is 0 Å². The van der Waals surface area contributed by atoms with E-state index in [0.717, 1.165) is 30.1 Å². The molecule has 4 saturated carbocycles. The number of carbonyl (C=O) groups is 1. The van der Waals surface area contributed by atoms with Crippen molar-refractivity contribution < 1.29 is 9.53 Å². The normalized spacial score (nSPS) is 51.6. The first-order chi connectivity index (χ1) is 15.7. The summed E-state index contributed by atoms with van der Waals surface area (Å²) in [5.41, 5.74) is 3.36. The summed E-state index contributed by atoms with van der Waals surface area (Å²) in [6.07, 6.45) is 14.6. The van der Waals surface area contributed by atoms with Crippen LogP contribution in [0.3, 0.4) is 0 Å². The van der Waals surface area contributed by atoms with Crippen LogP contribution in [-0.4, -0.2) is 12.1 Å². The average Bonchev–Trinajstić information content (AvgIpc) is 3.10. The molecular weight excluding hydrogens is 416 g/mol. The molecule has 34 heavy (non-hydrogen) atoms. The first kappa shape index (κ1) is 24.9. The third kappa shape index (κ3) is 3.01. The van der Waals surface area contributed by atoms with Crippen molar-refractivity contribution in [2.45, 2.75) is 126 Å². The van der Waals surface area contributed by atoms with Crippen LogP contribution in [0.2, 0.25) is 0 Å². The van der Waals surface area contributed by atoms with Crippen molar-refractivity contribution in [2.24, 2.45) is 56.7 Å². The summed E-state index contributed by atoms with van der Waals surface area (Å²) in [6, 6.07) is 0. The van der Waals surface area contributed by atoms with Crippen molar-refractivity contribution in [2.75, 3.05) is 0 Å². The van der Waals surface area contributed by atoms with Gasteiger partial charge in [-0.3, -0.25) is 4.79 Å². The van der Waals surface area contributed by atoms with Crippen LogP contribution >= 0.6 is 0 Å². The average molecular weight is 469 g/mol. The molecule has 0 N–H and O–H groups in total. The maximum Gasteiger partial charge on any atom is 0.302 e. The number of allylic oxidation sites excluding steroid dienone is 1. The minimum atomic E-state index is -0.125. The van der Waals surface area contributed by atoms with Crippen molar-refractivity contribution in [1.29, 1.82) is 0 Å². The minimum Gasteiger partial charge on any atom is -0.462 e. The molecule has 0 amide bonds. The Morgan fingerprint density at radius 2 is 1.47 bits per heavy atom. The Labute approximate surface area is 210 Å². The van der Waals surface area contributed by atoms with Crippen molar-refractivity contribution >= 4 is 5.97 Å². The number of rotatable bonds is 2. The van der Waals surface area contributed by atoms with E-state index < -0.39 is 0 Å². The lowest BCUT2D eigenvalue weighted by atomic mass is 9.33. The highest BCUT2D eigenvalue weighted by Crippen LogP contribution is 2.77. The zero-order chi connectivity index (χ0) is 24.9. The van der Waals surface area contributed by atoms with Gasteiger partial charge in [-0.25, -0.2) is 0 Å². The lowest BCUT2D eigenvalue weighted by molar-refractivity contribution is -0.214. The topological polar surface area (TPSA) is 26.3 Å². The summed E-state index contributed by atoms with van der Waals surface area (Å²) in [7, 11) is 0. The second kappa shape index (κ2) is 7.61. The molecule has 9 unspecified atom stereocenters. The number of ether oxygens (including phenoxy) is 1. The lowest BCUT2D eigenvalue weighted by Gasteiger charge is -2.71. The first-order valence-electron chi connectivity index (χ1n) is 14.6. The Hall–Kier alpha value is -0.790. The molecule has 0 saturated heterocycles. The van der Waals surface area contributed by atoms with Crippen LogP contribution in [0.1, 0.15) is 120 Å². The summed E-state index contributed by atoms with van der Waals surface area (Å²) in [5.74, 6) is 3.90. The van der Waals surface area contributed by atoms with Crippen molar-refractivity contribution in [3.8, 4) is 0 Å². The van der Waals surface area contributed by atoms with Gasteiger partial charge in [-0.2, -0.15) is 0 Å². The number of fused-ring (bicyclic) bond motifs is 7. The number of carbonyl (C=O) groups excluding carboxylic acids is 1. The molecule has 192 valence electrons. The van der Waals surface area contributed by atoms with Crippen LogP contribution < -0.4 is 0 Å².